The van der Waals surface area contributed by atoms with Crippen LogP contribution in [-0.2, 0) is 0 Å². The van der Waals surface area contributed by atoms with E-state index in [0.29, 0.717) is 6.54 Å². The molecule has 0 spiro atoms. The molecule has 0 unspecified atom stereocenters. The van der Waals surface area contributed by atoms with Crippen molar-refractivity contribution in [2.24, 2.45) is 0 Å². The van der Waals surface area contributed by atoms with E-state index in [1.807, 2.05) is 62.3 Å². The molecule has 4 heteroatoms. The molecule has 0 saturated carbocycles. The second kappa shape index (κ2) is 8.67. The van der Waals surface area contributed by atoms with Crippen molar-refractivity contribution in [3.05, 3.63) is 53.6 Å². The van der Waals surface area contributed by atoms with Crippen LogP contribution in [-0.4, -0.2) is 56.5 Å². The molecule has 0 aliphatic rings. The summed E-state index contributed by atoms with van der Waals surface area (Å²) in [6.07, 6.45) is 0. The number of carbonyl (C=O) groups is 1. The zero-order valence-corrected chi connectivity index (χ0v) is 15.9. The van der Waals surface area contributed by atoms with Crippen LogP contribution in [0.1, 0.15) is 22.8 Å². The lowest BCUT2D eigenvalue weighted by molar-refractivity contribution is 0.0754. The van der Waals surface area contributed by atoms with E-state index >= 15 is 0 Å². The summed E-state index contributed by atoms with van der Waals surface area (Å²) in [4.78, 5) is 16.6. The van der Waals surface area contributed by atoms with E-state index in [9.17, 15) is 4.79 Å². The zero-order chi connectivity index (χ0) is 18.4. The van der Waals surface area contributed by atoms with E-state index < -0.39 is 0 Å². The Morgan fingerprint density at radius 3 is 2.24 bits per heavy atom. The van der Waals surface area contributed by atoms with Gasteiger partial charge in [-0.1, -0.05) is 18.2 Å². The highest BCUT2D eigenvalue weighted by Crippen LogP contribution is 2.27. The van der Waals surface area contributed by atoms with Crippen molar-refractivity contribution < 1.29 is 9.53 Å². The third kappa shape index (κ3) is 4.83. The van der Waals surface area contributed by atoms with Crippen LogP contribution in [0.4, 0.5) is 0 Å². The Balaban J connectivity index is 2.17. The van der Waals surface area contributed by atoms with Crippen LogP contribution in [0.15, 0.2) is 42.5 Å². The van der Waals surface area contributed by atoms with Gasteiger partial charge in [-0.15, -0.1) is 0 Å². The molecule has 2 aromatic rings. The molecular weight excluding hydrogens is 312 g/mol. The monoisotopic (exact) mass is 340 g/mol. The third-order valence-corrected chi connectivity index (χ3v) is 4.36. The van der Waals surface area contributed by atoms with E-state index in [2.05, 4.69) is 17.9 Å². The fraction of sp³-hybridized carbons (Fsp3) is 0.381. The number of hydrogen-bond acceptors (Lipinski definition) is 3. The molecule has 0 saturated heterocycles. The van der Waals surface area contributed by atoms with Gasteiger partial charge in [0.15, 0.2) is 0 Å². The van der Waals surface area contributed by atoms with Crippen molar-refractivity contribution >= 4 is 5.91 Å². The molecule has 0 N–H and O–H groups in total. The van der Waals surface area contributed by atoms with Crippen LogP contribution in [0.2, 0.25) is 0 Å². The van der Waals surface area contributed by atoms with Crippen molar-refractivity contribution in [3.63, 3.8) is 0 Å². The zero-order valence-electron chi connectivity index (χ0n) is 15.9. The summed E-state index contributed by atoms with van der Waals surface area (Å²) in [5.41, 5.74) is 4.14. The Morgan fingerprint density at radius 2 is 1.72 bits per heavy atom. The molecular formula is C21H28N2O2. The Morgan fingerprint density at radius 1 is 1.04 bits per heavy atom. The van der Waals surface area contributed by atoms with Crippen LogP contribution >= 0.6 is 0 Å². The quantitative estimate of drug-likeness (QED) is 0.770. The number of methoxy groups -OCH3 is 1. The molecule has 4 nitrogen and oxygen atoms in total. The Labute approximate surface area is 151 Å². The Kier molecular flexibility index (Phi) is 6.59. The number of nitrogens with zero attached hydrogens (tertiary/aromatic N) is 2. The maximum Gasteiger partial charge on any atom is 0.253 e. The largest absolute Gasteiger partial charge is 0.497 e. The fourth-order valence-corrected chi connectivity index (χ4v) is 2.79. The minimum atomic E-state index is 0.0855. The Bertz CT molecular complexity index is 708. The first-order valence-electron chi connectivity index (χ1n) is 8.65. The summed E-state index contributed by atoms with van der Waals surface area (Å²) in [6, 6.07) is 13.9. The standard InChI is InChI=1S/C21H28N2O2/c1-6-23(14-13-22(3)4)21(24)18-9-7-17(8-10-18)20-12-11-19(25-5)15-16(20)2/h7-12,15H,6,13-14H2,1-5H3. The van der Waals surface area contributed by atoms with Crippen molar-refractivity contribution in [1.29, 1.82) is 0 Å². The van der Waals surface area contributed by atoms with Gasteiger partial charge in [0.25, 0.3) is 5.91 Å². The first kappa shape index (κ1) is 19.0. The number of amides is 1. The average molecular weight is 340 g/mol. The van der Waals surface area contributed by atoms with Crippen LogP contribution in [0, 0.1) is 6.92 Å². The highest BCUT2D eigenvalue weighted by atomic mass is 16.5. The summed E-state index contributed by atoms with van der Waals surface area (Å²) in [6.45, 7) is 6.40. The molecule has 2 rings (SSSR count). The lowest BCUT2D eigenvalue weighted by Crippen LogP contribution is -2.36. The van der Waals surface area contributed by atoms with Gasteiger partial charge in [0, 0.05) is 25.2 Å². The number of aryl methyl sites for hydroxylation is 1. The third-order valence-electron chi connectivity index (χ3n) is 4.36. The van der Waals surface area contributed by atoms with Crippen molar-refractivity contribution in [2.75, 3.05) is 40.8 Å². The van der Waals surface area contributed by atoms with Gasteiger partial charge in [-0.2, -0.15) is 0 Å². The van der Waals surface area contributed by atoms with E-state index in [4.69, 9.17) is 4.74 Å². The minimum absolute atomic E-state index is 0.0855. The maximum absolute atomic E-state index is 12.7. The first-order chi connectivity index (χ1) is 12.0. The number of carbonyl (C=O) groups excluding carboxylic acids is 1. The lowest BCUT2D eigenvalue weighted by Gasteiger charge is -2.23. The molecule has 134 valence electrons. The lowest BCUT2D eigenvalue weighted by atomic mass is 9.99. The van der Waals surface area contributed by atoms with Gasteiger partial charge < -0.3 is 14.5 Å². The smallest absolute Gasteiger partial charge is 0.253 e. The predicted molar refractivity (Wildman–Crippen MR) is 103 cm³/mol. The predicted octanol–water partition coefficient (Wildman–Crippen LogP) is 3.69. The van der Waals surface area contributed by atoms with Gasteiger partial charge in [0.2, 0.25) is 0 Å². The number of benzene rings is 2. The van der Waals surface area contributed by atoms with E-state index in [0.717, 1.165) is 41.1 Å². The summed E-state index contributed by atoms with van der Waals surface area (Å²) in [5.74, 6) is 0.940. The van der Waals surface area contributed by atoms with Crippen molar-refractivity contribution in [1.82, 2.24) is 9.80 Å². The van der Waals surface area contributed by atoms with E-state index in [1.165, 1.54) is 0 Å². The molecule has 0 fully saturated rings. The van der Waals surface area contributed by atoms with Crippen LogP contribution in [0.5, 0.6) is 5.75 Å². The van der Waals surface area contributed by atoms with Crippen LogP contribution < -0.4 is 4.74 Å². The van der Waals surface area contributed by atoms with Crippen molar-refractivity contribution in [2.45, 2.75) is 13.8 Å². The van der Waals surface area contributed by atoms with Crippen molar-refractivity contribution in [3.8, 4) is 16.9 Å². The number of rotatable bonds is 7. The first-order valence-corrected chi connectivity index (χ1v) is 8.65. The topological polar surface area (TPSA) is 32.8 Å². The maximum atomic E-state index is 12.7. The molecule has 0 atom stereocenters. The molecule has 0 aliphatic heterocycles. The van der Waals surface area contributed by atoms with Gasteiger partial charge in [-0.05, 0) is 68.9 Å². The molecule has 1 amide bonds. The number of likely N-dealkylation sites (N-methyl/N-ethyl adjacent to an activating group) is 2. The molecule has 0 aliphatic carbocycles. The van der Waals surface area contributed by atoms with Gasteiger partial charge >= 0.3 is 0 Å². The molecule has 0 aromatic heterocycles. The molecule has 0 heterocycles. The van der Waals surface area contributed by atoms with Gasteiger partial charge in [-0.3, -0.25) is 4.79 Å². The molecule has 0 radical (unpaired) electrons. The number of ether oxygens (including phenoxy) is 1. The minimum Gasteiger partial charge on any atom is -0.497 e. The average Bonchev–Trinajstić information content (AvgIpc) is 2.62. The SMILES string of the molecule is CCN(CCN(C)C)C(=O)c1ccc(-c2ccc(OC)cc2C)cc1. The summed E-state index contributed by atoms with van der Waals surface area (Å²) < 4.78 is 5.26. The normalized spacial score (nSPS) is 10.8. The summed E-state index contributed by atoms with van der Waals surface area (Å²) >= 11 is 0. The van der Waals surface area contributed by atoms with Crippen LogP contribution in [0.25, 0.3) is 11.1 Å². The second-order valence-electron chi connectivity index (χ2n) is 6.45. The van der Waals surface area contributed by atoms with Crippen LogP contribution in [0.3, 0.4) is 0 Å². The van der Waals surface area contributed by atoms with E-state index in [1.54, 1.807) is 7.11 Å². The molecule has 0 bridgehead atoms. The van der Waals surface area contributed by atoms with Gasteiger partial charge in [0.1, 0.15) is 5.75 Å². The highest BCUT2D eigenvalue weighted by Gasteiger charge is 2.14. The molecule has 25 heavy (non-hydrogen) atoms. The number of hydrogen-bond donors (Lipinski definition) is 0. The fourth-order valence-electron chi connectivity index (χ4n) is 2.79. The Hall–Kier alpha value is -2.33. The van der Waals surface area contributed by atoms with Gasteiger partial charge in [-0.25, -0.2) is 0 Å². The summed E-state index contributed by atoms with van der Waals surface area (Å²) in [5, 5.41) is 0. The van der Waals surface area contributed by atoms with Gasteiger partial charge in [0.05, 0.1) is 7.11 Å². The molecule has 2 aromatic carbocycles. The highest BCUT2D eigenvalue weighted by molar-refractivity contribution is 5.94. The van der Waals surface area contributed by atoms with E-state index in [-0.39, 0.29) is 5.91 Å². The second-order valence-corrected chi connectivity index (χ2v) is 6.45. The summed E-state index contributed by atoms with van der Waals surface area (Å²) in [7, 11) is 5.71.